The van der Waals surface area contributed by atoms with Crippen molar-refractivity contribution in [3.8, 4) is 23.1 Å². The normalized spacial score (nSPS) is 12.2. The van der Waals surface area contributed by atoms with Gasteiger partial charge in [0.2, 0.25) is 15.7 Å². The Bertz CT molecular complexity index is 1690. The van der Waals surface area contributed by atoms with Crippen molar-refractivity contribution in [1.82, 2.24) is 14.5 Å². The fourth-order valence-electron chi connectivity index (χ4n) is 4.23. The third-order valence-electron chi connectivity index (χ3n) is 6.24. The molecule has 10 heteroatoms. The van der Waals surface area contributed by atoms with Gasteiger partial charge < -0.3 is 5.11 Å². The summed E-state index contributed by atoms with van der Waals surface area (Å²) in [6.07, 6.45) is 4.31. The molecular weight excluding hydrogens is 507 g/mol. The number of nitrogens with zero attached hydrogens (tertiary/aromatic N) is 4. The second-order valence-corrected chi connectivity index (χ2v) is 10.7. The van der Waals surface area contributed by atoms with E-state index in [-0.39, 0.29) is 10.7 Å². The summed E-state index contributed by atoms with van der Waals surface area (Å²) in [5, 5.41) is 20.0. The first kappa shape index (κ1) is 26.7. The second kappa shape index (κ2) is 10.9. The van der Waals surface area contributed by atoms with Gasteiger partial charge in [-0.1, -0.05) is 37.6 Å². The summed E-state index contributed by atoms with van der Waals surface area (Å²) in [5.41, 5.74) is 1.08. The minimum Gasteiger partial charge on any atom is -0.492 e. The zero-order valence-electron chi connectivity index (χ0n) is 20.8. The molecule has 0 bridgehead atoms. The van der Waals surface area contributed by atoms with Crippen LogP contribution < -0.4 is 5.56 Å². The summed E-state index contributed by atoms with van der Waals surface area (Å²) in [4.78, 5) is 20.6. The first-order valence-corrected chi connectivity index (χ1v) is 13.5. The van der Waals surface area contributed by atoms with Gasteiger partial charge in [-0.3, -0.25) is 14.3 Å². The van der Waals surface area contributed by atoms with Crippen molar-refractivity contribution in [3.05, 3.63) is 100 Å². The lowest BCUT2D eigenvalue weighted by Crippen LogP contribution is -2.32. The summed E-state index contributed by atoms with van der Waals surface area (Å²) in [5.74, 6) is -1.15. The van der Waals surface area contributed by atoms with Gasteiger partial charge in [0.25, 0.3) is 5.56 Å². The van der Waals surface area contributed by atoms with Gasteiger partial charge in [-0.05, 0) is 54.8 Å². The van der Waals surface area contributed by atoms with Crippen molar-refractivity contribution in [1.29, 1.82) is 5.26 Å². The predicted octanol–water partition coefficient (Wildman–Crippen LogP) is 4.81. The number of aryl methyl sites for hydroxylation is 1. The number of aromatic hydroxyl groups is 1. The van der Waals surface area contributed by atoms with E-state index in [1.807, 2.05) is 6.92 Å². The average molecular weight is 533 g/mol. The average Bonchev–Trinajstić information content (AvgIpc) is 2.91. The number of hydrogen-bond donors (Lipinski definition) is 1. The van der Waals surface area contributed by atoms with Gasteiger partial charge in [-0.25, -0.2) is 12.8 Å². The third kappa shape index (κ3) is 5.19. The molecule has 0 amide bonds. The predicted molar refractivity (Wildman–Crippen MR) is 139 cm³/mol. The van der Waals surface area contributed by atoms with Crippen LogP contribution >= 0.6 is 0 Å². The summed E-state index contributed by atoms with van der Waals surface area (Å²) in [6, 6.07) is 14.8. The van der Waals surface area contributed by atoms with Gasteiger partial charge in [0, 0.05) is 18.2 Å². The quantitative estimate of drug-likeness (QED) is 0.345. The largest absolute Gasteiger partial charge is 0.492 e. The van der Waals surface area contributed by atoms with Crippen molar-refractivity contribution >= 4 is 9.84 Å². The van der Waals surface area contributed by atoms with E-state index in [1.165, 1.54) is 41.1 Å². The topological polar surface area (TPSA) is 126 Å². The van der Waals surface area contributed by atoms with Crippen LogP contribution in [0.4, 0.5) is 4.39 Å². The Labute approximate surface area is 219 Å². The molecule has 0 saturated carbocycles. The highest BCUT2D eigenvalue weighted by Crippen LogP contribution is 2.29. The Morgan fingerprint density at radius 3 is 2.50 bits per heavy atom. The maximum absolute atomic E-state index is 13.8. The molecule has 38 heavy (non-hydrogen) atoms. The van der Waals surface area contributed by atoms with Crippen LogP contribution in [0.2, 0.25) is 0 Å². The molecule has 0 aliphatic carbocycles. The van der Waals surface area contributed by atoms with Crippen LogP contribution in [0.5, 0.6) is 5.88 Å². The Hall–Kier alpha value is -4.36. The summed E-state index contributed by atoms with van der Waals surface area (Å²) < 4.78 is 42.0. The molecule has 0 fully saturated rings. The van der Waals surface area contributed by atoms with E-state index in [9.17, 15) is 28.0 Å². The third-order valence-corrected chi connectivity index (χ3v) is 8.03. The maximum atomic E-state index is 13.8. The minimum atomic E-state index is -4.48. The Balaban J connectivity index is 1.84. The Kier molecular flexibility index (Phi) is 7.69. The van der Waals surface area contributed by atoms with Gasteiger partial charge in [0.05, 0.1) is 28.8 Å². The number of unbranched alkanes of at least 4 members (excludes halogenated alkanes) is 1. The molecule has 0 radical (unpaired) electrons. The molecule has 2 aromatic carbocycles. The molecule has 0 spiro atoms. The second-order valence-electron chi connectivity index (χ2n) is 8.79. The van der Waals surface area contributed by atoms with Crippen LogP contribution in [-0.2, 0) is 16.3 Å². The molecule has 0 saturated heterocycles. The lowest BCUT2D eigenvalue weighted by Gasteiger charge is -2.21. The molecule has 0 unspecified atom stereocenters. The first-order chi connectivity index (χ1) is 18.2. The van der Waals surface area contributed by atoms with E-state index in [1.54, 1.807) is 31.2 Å². The number of pyridine rings is 1. The molecule has 194 valence electrons. The molecule has 4 rings (SSSR count). The number of halogens is 1. The van der Waals surface area contributed by atoms with Gasteiger partial charge in [-0.2, -0.15) is 10.2 Å². The molecular formula is C28H25FN4O4S. The highest BCUT2D eigenvalue weighted by molar-refractivity contribution is 7.91. The highest BCUT2D eigenvalue weighted by Gasteiger charge is 2.31. The zero-order chi connectivity index (χ0) is 27.4. The fourth-order valence-corrected chi connectivity index (χ4v) is 5.57. The summed E-state index contributed by atoms with van der Waals surface area (Å²) >= 11 is 0. The Morgan fingerprint density at radius 2 is 1.84 bits per heavy atom. The molecule has 1 N–H and O–H groups in total. The number of aromatic nitrogens is 3. The lowest BCUT2D eigenvalue weighted by molar-refractivity contribution is 0.412. The van der Waals surface area contributed by atoms with E-state index < -0.39 is 38.0 Å². The Morgan fingerprint density at radius 1 is 1.11 bits per heavy atom. The molecule has 2 aromatic heterocycles. The summed E-state index contributed by atoms with van der Waals surface area (Å²) in [6.45, 7) is 3.68. The van der Waals surface area contributed by atoms with Crippen molar-refractivity contribution in [2.75, 3.05) is 0 Å². The number of hydrogen-bond acceptors (Lipinski definition) is 7. The maximum Gasteiger partial charge on any atom is 0.277 e. The van der Waals surface area contributed by atoms with Gasteiger partial charge in [0.1, 0.15) is 11.6 Å². The minimum absolute atomic E-state index is 0.230. The van der Waals surface area contributed by atoms with Crippen LogP contribution in [0.1, 0.15) is 49.7 Å². The first-order valence-electron chi connectivity index (χ1n) is 12.0. The smallest absolute Gasteiger partial charge is 0.277 e. The van der Waals surface area contributed by atoms with Gasteiger partial charge in [-0.15, -0.1) is 0 Å². The van der Waals surface area contributed by atoms with E-state index in [0.29, 0.717) is 35.1 Å². The van der Waals surface area contributed by atoms with E-state index in [4.69, 9.17) is 0 Å². The van der Waals surface area contributed by atoms with Crippen LogP contribution in [0.15, 0.2) is 81.6 Å². The van der Waals surface area contributed by atoms with Crippen molar-refractivity contribution in [3.63, 3.8) is 0 Å². The number of rotatable bonds is 8. The monoisotopic (exact) mass is 532 g/mol. The van der Waals surface area contributed by atoms with Crippen molar-refractivity contribution < 1.29 is 17.9 Å². The zero-order valence-corrected chi connectivity index (χ0v) is 21.6. The number of nitriles is 1. The number of benzene rings is 2. The van der Waals surface area contributed by atoms with E-state index >= 15 is 0 Å². The van der Waals surface area contributed by atoms with Gasteiger partial charge >= 0.3 is 0 Å². The highest BCUT2D eigenvalue weighted by atomic mass is 32.2. The van der Waals surface area contributed by atoms with Crippen molar-refractivity contribution in [2.24, 2.45) is 0 Å². The molecule has 4 aromatic rings. The van der Waals surface area contributed by atoms with Crippen molar-refractivity contribution in [2.45, 2.75) is 48.9 Å². The molecule has 2 heterocycles. The molecule has 1 atom stereocenters. The molecule has 0 aliphatic heterocycles. The van der Waals surface area contributed by atoms with Crippen LogP contribution in [-0.4, -0.2) is 28.1 Å². The SMILES string of the molecule is CCCCc1nc(O)c(S(=O)(=O)c2ccc(-c3cncc(F)c3)cc2)c(=O)n1[C@@H](C)c1cccc(C#N)c1. The standard InChI is InChI=1S/C28H25FN4O4S/c1-3-4-8-25-32-27(34)26(28(35)33(25)18(2)21-7-5-6-19(13-21)15-30)38(36,37)24-11-9-20(10-12-24)22-14-23(29)17-31-16-22/h5-7,9-14,16-18,34H,3-4,8H2,1-2H3/t18-/m0/s1. The fraction of sp³-hybridized carbons (Fsp3) is 0.214. The number of sulfone groups is 1. The molecule has 8 nitrogen and oxygen atoms in total. The lowest BCUT2D eigenvalue weighted by atomic mass is 10.0. The summed E-state index contributed by atoms with van der Waals surface area (Å²) in [7, 11) is -4.48. The van der Waals surface area contributed by atoms with Crippen LogP contribution in [0, 0.1) is 17.1 Å². The molecule has 0 aliphatic rings. The van der Waals surface area contributed by atoms with Gasteiger partial charge in [0.15, 0.2) is 4.90 Å². The van der Waals surface area contributed by atoms with E-state index in [0.717, 1.165) is 12.6 Å². The van der Waals surface area contributed by atoms with E-state index in [2.05, 4.69) is 16.0 Å². The van der Waals surface area contributed by atoms with Crippen LogP contribution in [0.25, 0.3) is 11.1 Å². The van der Waals surface area contributed by atoms with Crippen LogP contribution in [0.3, 0.4) is 0 Å².